The van der Waals surface area contributed by atoms with Crippen LogP contribution in [0.1, 0.15) is 17.4 Å². The number of amides is 1. The Balaban J connectivity index is 1.81. The van der Waals surface area contributed by atoms with E-state index >= 15 is 0 Å². The minimum Gasteiger partial charge on any atom is -0.457 e. The first kappa shape index (κ1) is 23.1. The van der Waals surface area contributed by atoms with E-state index in [1.165, 1.54) is 4.57 Å². The molecule has 0 saturated carbocycles. The lowest BCUT2D eigenvalue weighted by Gasteiger charge is -2.14. The van der Waals surface area contributed by atoms with Crippen molar-refractivity contribution >= 4 is 32.5 Å². The van der Waals surface area contributed by atoms with Crippen LogP contribution in [-0.2, 0) is 17.1 Å². The molecule has 2 aromatic heterocycles. The number of pyridine rings is 1. The van der Waals surface area contributed by atoms with Crippen molar-refractivity contribution in [1.29, 1.82) is 0 Å². The van der Waals surface area contributed by atoms with E-state index in [1.807, 2.05) is 25.1 Å². The van der Waals surface area contributed by atoms with Gasteiger partial charge in [0.25, 0.3) is 11.5 Å². The summed E-state index contributed by atoms with van der Waals surface area (Å²) >= 11 is 0. The van der Waals surface area contributed by atoms with Gasteiger partial charge in [-0.3, -0.25) is 14.3 Å². The molecule has 0 aliphatic heterocycles. The smallest absolute Gasteiger partial charge is 0.274 e. The summed E-state index contributed by atoms with van der Waals surface area (Å²) in [7, 11) is -1.79. The standard InChI is InChI=1S/C24H24N4O5S/c1-4-25-23(29)20-13-18-19(14-28(2)24(30)22(18)26-20)17-10-5-6-11-21(17)33-16-9-7-8-15(12-16)27-34(3,31)32/h5-14,26-27H,4H2,1-3H3,(H,25,29). The molecule has 176 valence electrons. The molecule has 4 aromatic rings. The Labute approximate surface area is 196 Å². The Morgan fingerprint density at radius 3 is 2.59 bits per heavy atom. The van der Waals surface area contributed by atoms with Gasteiger partial charge in [-0.1, -0.05) is 24.3 Å². The summed E-state index contributed by atoms with van der Waals surface area (Å²) in [5.41, 5.74) is 2.12. The van der Waals surface area contributed by atoms with Gasteiger partial charge in [0, 0.05) is 42.4 Å². The molecule has 0 saturated heterocycles. The zero-order valence-electron chi connectivity index (χ0n) is 18.9. The second-order valence-corrected chi connectivity index (χ2v) is 9.54. The van der Waals surface area contributed by atoms with Crippen molar-refractivity contribution in [2.75, 3.05) is 17.5 Å². The highest BCUT2D eigenvalue weighted by molar-refractivity contribution is 7.92. The van der Waals surface area contributed by atoms with E-state index in [2.05, 4.69) is 15.0 Å². The van der Waals surface area contributed by atoms with Gasteiger partial charge in [-0.25, -0.2) is 8.42 Å². The molecule has 2 heterocycles. The number of fused-ring (bicyclic) bond motifs is 1. The van der Waals surface area contributed by atoms with Gasteiger partial charge in [0.1, 0.15) is 22.7 Å². The first-order chi connectivity index (χ1) is 16.2. The van der Waals surface area contributed by atoms with Gasteiger partial charge < -0.3 is 19.6 Å². The van der Waals surface area contributed by atoms with E-state index in [1.54, 1.807) is 49.6 Å². The van der Waals surface area contributed by atoms with Gasteiger partial charge in [0.15, 0.2) is 0 Å². The number of nitrogens with one attached hydrogen (secondary N) is 3. The number of rotatable bonds is 7. The van der Waals surface area contributed by atoms with Crippen molar-refractivity contribution < 1.29 is 17.9 Å². The van der Waals surface area contributed by atoms with Crippen molar-refractivity contribution in [3.05, 3.63) is 76.8 Å². The van der Waals surface area contributed by atoms with E-state index in [-0.39, 0.29) is 11.5 Å². The lowest BCUT2D eigenvalue weighted by molar-refractivity contribution is 0.0951. The van der Waals surface area contributed by atoms with E-state index in [0.29, 0.717) is 51.5 Å². The van der Waals surface area contributed by atoms with Crippen molar-refractivity contribution in [3.63, 3.8) is 0 Å². The van der Waals surface area contributed by atoms with E-state index < -0.39 is 10.0 Å². The summed E-state index contributed by atoms with van der Waals surface area (Å²) in [6.45, 7) is 2.28. The summed E-state index contributed by atoms with van der Waals surface area (Å²) in [6, 6.07) is 15.5. The summed E-state index contributed by atoms with van der Waals surface area (Å²) in [6.07, 6.45) is 2.77. The normalized spacial score (nSPS) is 11.4. The number of aromatic amines is 1. The Hall–Kier alpha value is -4.05. The third-order valence-electron chi connectivity index (χ3n) is 5.09. The molecule has 4 rings (SSSR count). The second-order valence-electron chi connectivity index (χ2n) is 7.79. The Bertz CT molecular complexity index is 1550. The van der Waals surface area contributed by atoms with Gasteiger partial charge >= 0.3 is 0 Å². The number of H-pyrrole nitrogens is 1. The van der Waals surface area contributed by atoms with Gasteiger partial charge in [-0.15, -0.1) is 0 Å². The maximum absolute atomic E-state index is 12.7. The first-order valence-corrected chi connectivity index (χ1v) is 12.4. The predicted molar refractivity (Wildman–Crippen MR) is 132 cm³/mol. The molecule has 0 spiro atoms. The van der Waals surface area contributed by atoms with Crippen LogP contribution in [0.2, 0.25) is 0 Å². The lowest BCUT2D eigenvalue weighted by atomic mass is 10.0. The quantitative estimate of drug-likeness (QED) is 0.374. The molecule has 0 atom stereocenters. The third kappa shape index (κ3) is 4.81. The SMILES string of the molecule is CCNC(=O)c1cc2c(-c3ccccc3Oc3cccc(NS(C)(=O)=O)c3)cn(C)c(=O)c2[nH]1. The predicted octanol–water partition coefficient (Wildman–Crippen LogP) is 3.45. The van der Waals surface area contributed by atoms with Crippen LogP contribution in [0.25, 0.3) is 22.0 Å². The fraction of sp³-hybridized carbons (Fsp3) is 0.167. The molecule has 1 amide bonds. The van der Waals surface area contributed by atoms with Gasteiger partial charge in [0.05, 0.1) is 11.9 Å². The van der Waals surface area contributed by atoms with Crippen LogP contribution in [0.5, 0.6) is 11.5 Å². The van der Waals surface area contributed by atoms with Crippen LogP contribution in [0.4, 0.5) is 5.69 Å². The lowest BCUT2D eigenvalue weighted by Crippen LogP contribution is -2.23. The van der Waals surface area contributed by atoms with E-state index in [9.17, 15) is 18.0 Å². The van der Waals surface area contributed by atoms with Crippen LogP contribution < -0.4 is 20.3 Å². The summed E-state index contributed by atoms with van der Waals surface area (Å²) in [5, 5.41) is 3.32. The number of anilines is 1. The highest BCUT2D eigenvalue weighted by Crippen LogP contribution is 2.37. The van der Waals surface area contributed by atoms with E-state index in [4.69, 9.17) is 4.74 Å². The van der Waals surface area contributed by atoms with E-state index in [0.717, 1.165) is 6.26 Å². The van der Waals surface area contributed by atoms with Gasteiger partial charge in [-0.2, -0.15) is 0 Å². The number of ether oxygens (including phenoxy) is 1. The monoisotopic (exact) mass is 480 g/mol. The molecule has 10 heteroatoms. The van der Waals surface area contributed by atoms with Gasteiger partial charge in [-0.05, 0) is 31.2 Å². The number of sulfonamides is 1. The highest BCUT2D eigenvalue weighted by Gasteiger charge is 2.18. The maximum Gasteiger partial charge on any atom is 0.274 e. The fourth-order valence-electron chi connectivity index (χ4n) is 3.67. The summed E-state index contributed by atoms with van der Waals surface area (Å²) < 4.78 is 33.1. The van der Waals surface area contributed by atoms with Crippen molar-refractivity contribution in [1.82, 2.24) is 14.9 Å². The number of para-hydroxylation sites is 1. The minimum atomic E-state index is -3.43. The number of hydrogen-bond donors (Lipinski definition) is 3. The zero-order valence-corrected chi connectivity index (χ0v) is 19.7. The average Bonchev–Trinajstić information content (AvgIpc) is 3.22. The summed E-state index contributed by atoms with van der Waals surface area (Å²) in [5.74, 6) is 0.630. The molecule has 0 aliphatic carbocycles. The van der Waals surface area contributed by atoms with Crippen molar-refractivity contribution in [3.8, 4) is 22.6 Å². The molecular formula is C24H24N4O5S. The molecule has 3 N–H and O–H groups in total. The average molecular weight is 481 g/mol. The number of benzene rings is 2. The van der Waals surface area contributed by atoms with Crippen LogP contribution in [0, 0.1) is 0 Å². The molecule has 0 bridgehead atoms. The Morgan fingerprint density at radius 1 is 1.09 bits per heavy atom. The van der Waals surface area contributed by atoms with Crippen LogP contribution in [-0.4, -0.2) is 36.7 Å². The number of hydrogen-bond acceptors (Lipinski definition) is 5. The molecule has 0 unspecified atom stereocenters. The molecule has 0 fully saturated rings. The number of carbonyl (C=O) groups excluding carboxylic acids is 1. The number of aromatic nitrogens is 2. The first-order valence-electron chi connectivity index (χ1n) is 10.5. The Kier molecular flexibility index (Phi) is 6.16. The molecule has 0 aliphatic rings. The van der Waals surface area contributed by atoms with Crippen LogP contribution >= 0.6 is 0 Å². The molecule has 0 radical (unpaired) electrons. The number of carbonyl (C=O) groups is 1. The van der Waals surface area contributed by atoms with Crippen molar-refractivity contribution in [2.45, 2.75) is 6.92 Å². The van der Waals surface area contributed by atoms with Gasteiger partial charge in [0.2, 0.25) is 10.0 Å². The fourth-order valence-corrected chi connectivity index (χ4v) is 4.22. The number of aryl methyl sites for hydroxylation is 1. The van der Waals surface area contributed by atoms with Crippen molar-refractivity contribution in [2.24, 2.45) is 7.05 Å². The zero-order chi connectivity index (χ0) is 24.5. The highest BCUT2D eigenvalue weighted by atomic mass is 32.2. The second kappa shape index (κ2) is 9.06. The third-order valence-corrected chi connectivity index (χ3v) is 5.70. The Morgan fingerprint density at radius 2 is 1.85 bits per heavy atom. The number of nitrogens with zero attached hydrogens (tertiary/aromatic N) is 1. The molecule has 2 aromatic carbocycles. The maximum atomic E-state index is 12.7. The molecular weight excluding hydrogens is 456 g/mol. The van der Waals surface area contributed by atoms with Crippen LogP contribution in [0.15, 0.2) is 65.6 Å². The van der Waals surface area contributed by atoms with Crippen LogP contribution in [0.3, 0.4) is 0 Å². The largest absolute Gasteiger partial charge is 0.457 e. The molecule has 34 heavy (non-hydrogen) atoms. The molecule has 9 nitrogen and oxygen atoms in total. The summed E-state index contributed by atoms with van der Waals surface area (Å²) in [4.78, 5) is 28.1. The minimum absolute atomic E-state index is 0.257. The topological polar surface area (TPSA) is 122 Å².